The molecule has 0 bridgehead atoms. The molecule has 2 aromatic heterocycles. The molecule has 1 saturated heterocycles. The van der Waals surface area contributed by atoms with E-state index >= 15 is 0 Å². The normalized spacial score (nSPS) is 14.6. The van der Waals surface area contributed by atoms with Crippen LogP contribution in [0.3, 0.4) is 0 Å². The van der Waals surface area contributed by atoms with Crippen LogP contribution in [0.2, 0.25) is 0 Å². The predicted molar refractivity (Wildman–Crippen MR) is 111 cm³/mol. The fourth-order valence-electron chi connectivity index (χ4n) is 3.91. The van der Waals surface area contributed by atoms with Gasteiger partial charge in [-0.05, 0) is 63.7 Å². The Morgan fingerprint density at radius 2 is 1.89 bits per heavy atom. The van der Waals surface area contributed by atoms with E-state index in [1.807, 2.05) is 29.0 Å². The first-order valence-electron chi connectivity index (χ1n) is 9.48. The molecule has 0 saturated carbocycles. The van der Waals surface area contributed by atoms with E-state index in [0.29, 0.717) is 17.2 Å². The Kier molecular flexibility index (Phi) is 4.97. The van der Waals surface area contributed by atoms with Crippen LogP contribution >= 0.6 is 12.2 Å². The molecule has 7 heteroatoms. The van der Waals surface area contributed by atoms with Crippen molar-refractivity contribution in [2.75, 3.05) is 25.0 Å². The lowest BCUT2D eigenvalue weighted by molar-refractivity contribution is 0.245. The predicted octanol–water partition coefficient (Wildman–Crippen LogP) is 3.57. The zero-order valence-electron chi connectivity index (χ0n) is 16.2. The highest BCUT2D eigenvalue weighted by Crippen LogP contribution is 2.25. The summed E-state index contributed by atoms with van der Waals surface area (Å²) in [4.78, 5) is 9.26. The summed E-state index contributed by atoms with van der Waals surface area (Å²) in [6, 6.07) is 10.7. The van der Waals surface area contributed by atoms with Gasteiger partial charge in [-0.15, -0.1) is 5.10 Å². The topological polar surface area (TPSA) is 41.6 Å². The highest BCUT2D eigenvalue weighted by atomic mass is 32.1. The third-order valence-corrected chi connectivity index (χ3v) is 5.52. The summed E-state index contributed by atoms with van der Waals surface area (Å²) in [5.41, 5.74) is 4.73. The second-order valence-electron chi connectivity index (χ2n) is 7.43. The van der Waals surface area contributed by atoms with Gasteiger partial charge in [-0.2, -0.15) is 0 Å². The lowest BCUT2D eigenvalue weighted by Crippen LogP contribution is -2.25. The van der Waals surface area contributed by atoms with Gasteiger partial charge in [0.15, 0.2) is 0 Å². The standard InChI is InChI=1S/C20H26N6S/c1-15-12-16(2)26-19(21-15)22-25(20(26)27)14-23(3)13-17-8-4-5-9-18(17)24-10-6-7-11-24/h4-5,8-9,12H,6-7,10-11,13-14H2,1-3H3. The van der Waals surface area contributed by atoms with Crippen molar-refractivity contribution < 1.29 is 0 Å². The van der Waals surface area contributed by atoms with Crippen molar-refractivity contribution in [3.8, 4) is 0 Å². The number of fused-ring (bicyclic) bond motifs is 1. The molecule has 6 nitrogen and oxygen atoms in total. The molecular weight excluding hydrogens is 356 g/mol. The molecule has 0 amide bonds. The van der Waals surface area contributed by atoms with Crippen LogP contribution < -0.4 is 4.90 Å². The van der Waals surface area contributed by atoms with Gasteiger partial charge in [0.2, 0.25) is 4.77 Å². The molecule has 0 spiro atoms. The van der Waals surface area contributed by atoms with Crippen LogP contribution in [0.4, 0.5) is 5.69 Å². The van der Waals surface area contributed by atoms with Crippen molar-refractivity contribution >= 4 is 23.7 Å². The minimum atomic E-state index is 0.634. The van der Waals surface area contributed by atoms with Crippen molar-refractivity contribution in [2.24, 2.45) is 0 Å². The molecule has 27 heavy (non-hydrogen) atoms. The number of para-hydroxylation sites is 1. The van der Waals surface area contributed by atoms with E-state index in [1.165, 1.54) is 24.1 Å². The zero-order valence-corrected chi connectivity index (χ0v) is 17.0. The van der Waals surface area contributed by atoms with Gasteiger partial charge in [0.05, 0.1) is 6.67 Å². The Morgan fingerprint density at radius 3 is 2.67 bits per heavy atom. The second kappa shape index (κ2) is 7.40. The Hall–Kier alpha value is -2.25. The zero-order chi connectivity index (χ0) is 19.0. The van der Waals surface area contributed by atoms with Gasteiger partial charge in [0.25, 0.3) is 5.78 Å². The summed E-state index contributed by atoms with van der Waals surface area (Å²) in [6.07, 6.45) is 2.57. The summed E-state index contributed by atoms with van der Waals surface area (Å²) < 4.78 is 4.49. The van der Waals surface area contributed by atoms with Crippen molar-refractivity contribution in [1.82, 2.24) is 24.1 Å². The maximum atomic E-state index is 5.64. The van der Waals surface area contributed by atoms with Gasteiger partial charge in [0.1, 0.15) is 0 Å². The highest BCUT2D eigenvalue weighted by molar-refractivity contribution is 7.71. The average Bonchev–Trinajstić information content (AvgIpc) is 3.24. The van der Waals surface area contributed by atoms with Crippen molar-refractivity contribution in [1.29, 1.82) is 0 Å². The van der Waals surface area contributed by atoms with Gasteiger partial charge in [-0.25, -0.2) is 9.67 Å². The van der Waals surface area contributed by atoms with Crippen LogP contribution in [-0.2, 0) is 13.2 Å². The van der Waals surface area contributed by atoms with Crippen molar-refractivity contribution in [3.63, 3.8) is 0 Å². The van der Waals surface area contributed by atoms with E-state index in [-0.39, 0.29) is 0 Å². The maximum Gasteiger partial charge on any atom is 0.254 e. The van der Waals surface area contributed by atoms with Gasteiger partial charge in [-0.3, -0.25) is 9.30 Å². The molecule has 0 radical (unpaired) electrons. The quantitative estimate of drug-likeness (QED) is 0.631. The summed E-state index contributed by atoms with van der Waals surface area (Å²) in [5, 5.41) is 4.63. The number of aromatic nitrogens is 4. The van der Waals surface area contributed by atoms with Crippen LogP contribution in [0.15, 0.2) is 30.3 Å². The van der Waals surface area contributed by atoms with Crippen LogP contribution in [-0.4, -0.2) is 44.2 Å². The Balaban J connectivity index is 1.56. The molecule has 1 aliphatic rings. The van der Waals surface area contributed by atoms with Crippen LogP contribution in [0.5, 0.6) is 0 Å². The summed E-state index contributed by atoms with van der Waals surface area (Å²) in [7, 11) is 2.11. The van der Waals surface area contributed by atoms with Crippen LogP contribution in [0, 0.1) is 18.6 Å². The Morgan fingerprint density at radius 1 is 1.15 bits per heavy atom. The van der Waals surface area contributed by atoms with E-state index in [0.717, 1.165) is 31.0 Å². The first-order chi connectivity index (χ1) is 13.0. The number of anilines is 1. The molecule has 4 rings (SSSR count). The van der Waals surface area contributed by atoms with E-state index in [9.17, 15) is 0 Å². The molecule has 0 atom stereocenters. The molecule has 3 heterocycles. The lowest BCUT2D eigenvalue weighted by atomic mass is 10.1. The molecule has 1 aromatic carbocycles. The molecule has 0 aliphatic carbocycles. The first kappa shape index (κ1) is 18.1. The van der Waals surface area contributed by atoms with Gasteiger partial charge >= 0.3 is 0 Å². The van der Waals surface area contributed by atoms with Gasteiger partial charge < -0.3 is 4.90 Å². The Labute approximate surface area is 165 Å². The highest BCUT2D eigenvalue weighted by Gasteiger charge is 2.16. The summed E-state index contributed by atoms with van der Waals surface area (Å²) in [6.45, 7) is 7.82. The molecule has 3 aromatic rings. The Bertz CT molecular complexity index is 1010. The summed E-state index contributed by atoms with van der Waals surface area (Å²) >= 11 is 5.64. The SMILES string of the molecule is Cc1cc(C)n2c(=S)n(CN(C)Cc3ccccc3N3CCCC3)nc2n1. The molecular formula is C20H26N6S. The summed E-state index contributed by atoms with van der Waals surface area (Å²) in [5.74, 6) is 0.670. The first-order valence-corrected chi connectivity index (χ1v) is 9.89. The number of aryl methyl sites for hydroxylation is 2. The minimum Gasteiger partial charge on any atom is -0.371 e. The van der Waals surface area contributed by atoms with E-state index in [1.54, 1.807) is 0 Å². The fraction of sp³-hybridized carbons (Fsp3) is 0.450. The monoisotopic (exact) mass is 382 g/mol. The lowest BCUT2D eigenvalue weighted by Gasteiger charge is -2.24. The second-order valence-corrected chi connectivity index (χ2v) is 7.80. The molecule has 1 fully saturated rings. The van der Waals surface area contributed by atoms with E-state index in [2.05, 4.69) is 51.2 Å². The van der Waals surface area contributed by atoms with Gasteiger partial charge in [-0.1, -0.05) is 18.2 Å². The molecule has 1 aliphatic heterocycles. The average molecular weight is 383 g/mol. The van der Waals surface area contributed by atoms with Crippen molar-refractivity contribution in [3.05, 3.63) is 52.1 Å². The fourth-order valence-corrected chi connectivity index (χ4v) is 4.23. The largest absolute Gasteiger partial charge is 0.371 e. The van der Waals surface area contributed by atoms with Gasteiger partial charge in [0, 0.05) is 36.7 Å². The third-order valence-electron chi connectivity index (χ3n) is 5.12. The number of hydrogen-bond acceptors (Lipinski definition) is 5. The van der Waals surface area contributed by atoms with Crippen molar-refractivity contribution in [2.45, 2.75) is 39.9 Å². The molecule has 142 valence electrons. The molecule has 0 N–H and O–H groups in total. The van der Waals surface area contributed by atoms with Crippen LogP contribution in [0.1, 0.15) is 29.8 Å². The van der Waals surface area contributed by atoms with E-state index in [4.69, 9.17) is 12.2 Å². The third kappa shape index (κ3) is 3.61. The number of benzene rings is 1. The molecule has 0 unspecified atom stereocenters. The minimum absolute atomic E-state index is 0.634. The number of nitrogens with zero attached hydrogens (tertiary/aromatic N) is 6. The smallest absolute Gasteiger partial charge is 0.254 e. The van der Waals surface area contributed by atoms with Crippen LogP contribution in [0.25, 0.3) is 5.78 Å². The van der Waals surface area contributed by atoms with E-state index < -0.39 is 0 Å². The number of hydrogen-bond donors (Lipinski definition) is 0. The number of rotatable bonds is 5. The maximum absolute atomic E-state index is 5.64.